The normalized spacial score (nSPS) is 16.3. The zero-order valence-electron chi connectivity index (χ0n) is 17.4. The maximum absolute atomic E-state index is 13.3. The van der Waals surface area contributed by atoms with E-state index < -0.39 is 10.0 Å². The Kier molecular flexibility index (Phi) is 5.73. The molecule has 3 aromatic rings. The molecule has 0 spiro atoms. The fraction of sp³-hybridized carbons (Fsp3) is 0.261. The molecule has 1 N–H and O–H groups in total. The minimum atomic E-state index is -3.97. The van der Waals surface area contributed by atoms with E-state index in [1.54, 1.807) is 35.4 Å². The molecule has 0 aliphatic carbocycles. The molecule has 1 aromatic heterocycles. The number of anilines is 1. The molecule has 2 aromatic carbocycles. The number of ether oxygens (including phenoxy) is 1. The van der Waals surface area contributed by atoms with Crippen LogP contribution in [0.5, 0.6) is 5.75 Å². The Balaban J connectivity index is 1.65. The van der Waals surface area contributed by atoms with Gasteiger partial charge >= 0.3 is 0 Å². The maximum atomic E-state index is 13.3. The molecule has 1 atom stereocenters. The van der Waals surface area contributed by atoms with Crippen molar-refractivity contribution in [2.75, 3.05) is 18.4 Å². The molecular weight excluding hydrogens is 416 g/mol. The van der Waals surface area contributed by atoms with Gasteiger partial charge in [-0.25, -0.2) is 8.42 Å². The molecule has 1 unspecified atom stereocenters. The summed E-state index contributed by atoms with van der Waals surface area (Å²) in [6, 6.07) is 15.0. The van der Waals surface area contributed by atoms with Crippen LogP contribution in [0.2, 0.25) is 0 Å². The number of likely N-dealkylation sites (tertiary alicyclic amines) is 1. The molecule has 2 heterocycles. The van der Waals surface area contributed by atoms with E-state index in [9.17, 15) is 13.2 Å². The molecular formula is C23H24N2O5S. The second kappa shape index (κ2) is 8.47. The SMILES string of the molecule is COc1ccc(C(=O)N2CCCC2c2ccco2)cc1S(=O)(=O)Nc1ccc(C)cc1. The standard InChI is InChI=1S/C23H24N2O5S/c1-16-7-10-18(11-8-16)24-31(27,28)22-15-17(9-12-21(22)29-2)23(26)25-13-3-5-19(25)20-6-4-14-30-20/h4,6-12,14-15,19,24H,3,5,13H2,1-2H3. The maximum Gasteiger partial charge on any atom is 0.265 e. The van der Waals surface area contributed by atoms with E-state index in [1.165, 1.54) is 19.2 Å². The number of hydrogen-bond acceptors (Lipinski definition) is 5. The van der Waals surface area contributed by atoms with Crippen molar-refractivity contribution in [3.8, 4) is 5.75 Å². The van der Waals surface area contributed by atoms with Crippen molar-refractivity contribution >= 4 is 21.6 Å². The number of methoxy groups -OCH3 is 1. The molecule has 1 fully saturated rings. The number of nitrogens with zero attached hydrogens (tertiary/aromatic N) is 1. The van der Waals surface area contributed by atoms with Gasteiger partial charge in [0.1, 0.15) is 16.4 Å². The van der Waals surface area contributed by atoms with Gasteiger partial charge in [-0.2, -0.15) is 0 Å². The summed E-state index contributed by atoms with van der Waals surface area (Å²) in [5.41, 5.74) is 1.73. The minimum absolute atomic E-state index is 0.0878. The van der Waals surface area contributed by atoms with E-state index in [-0.39, 0.29) is 28.2 Å². The quantitative estimate of drug-likeness (QED) is 0.615. The predicted molar refractivity (Wildman–Crippen MR) is 117 cm³/mol. The van der Waals surface area contributed by atoms with Crippen molar-refractivity contribution < 1.29 is 22.4 Å². The third-order valence-electron chi connectivity index (χ3n) is 5.39. The highest BCUT2D eigenvalue weighted by molar-refractivity contribution is 7.92. The van der Waals surface area contributed by atoms with Crippen LogP contribution in [-0.2, 0) is 10.0 Å². The Morgan fingerprint density at radius 2 is 1.94 bits per heavy atom. The zero-order chi connectivity index (χ0) is 22.0. The van der Waals surface area contributed by atoms with E-state index in [2.05, 4.69) is 4.72 Å². The molecule has 0 radical (unpaired) electrons. The van der Waals surface area contributed by atoms with Gasteiger partial charge in [-0.15, -0.1) is 0 Å². The zero-order valence-corrected chi connectivity index (χ0v) is 18.2. The van der Waals surface area contributed by atoms with E-state index in [1.807, 2.05) is 25.1 Å². The summed E-state index contributed by atoms with van der Waals surface area (Å²) in [4.78, 5) is 14.9. The van der Waals surface area contributed by atoms with E-state index in [0.717, 1.165) is 24.2 Å². The van der Waals surface area contributed by atoms with Gasteiger partial charge in [0, 0.05) is 17.8 Å². The van der Waals surface area contributed by atoms with Crippen LogP contribution in [-0.4, -0.2) is 32.9 Å². The Labute approximate surface area is 181 Å². The number of rotatable bonds is 6. The summed E-state index contributed by atoms with van der Waals surface area (Å²) in [6.45, 7) is 2.50. The molecule has 162 valence electrons. The Morgan fingerprint density at radius 1 is 1.16 bits per heavy atom. The van der Waals surface area contributed by atoms with Crippen molar-refractivity contribution in [1.82, 2.24) is 4.90 Å². The average molecular weight is 441 g/mol. The third kappa shape index (κ3) is 4.29. The number of aryl methyl sites for hydroxylation is 1. The lowest BCUT2D eigenvalue weighted by atomic mass is 10.1. The molecule has 0 bridgehead atoms. The molecule has 1 saturated heterocycles. The van der Waals surface area contributed by atoms with Crippen LogP contribution >= 0.6 is 0 Å². The summed E-state index contributed by atoms with van der Waals surface area (Å²) in [5, 5.41) is 0. The summed E-state index contributed by atoms with van der Waals surface area (Å²) >= 11 is 0. The summed E-state index contributed by atoms with van der Waals surface area (Å²) in [5.74, 6) is 0.654. The fourth-order valence-electron chi connectivity index (χ4n) is 3.80. The molecule has 0 saturated carbocycles. The van der Waals surface area contributed by atoms with E-state index in [4.69, 9.17) is 9.15 Å². The smallest absolute Gasteiger partial charge is 0.265 e. The number of benzene rings is 2. The van der Waals surface area contributed by atoms with Gasteiger partial charge in [-0.1, -0.05) is 17.7 Å². The first-order chi connectivity index (χ1) is 14.9. The van der Waals surface area contributed by atoms with Gasteiger partial charge < -0.3 is 14.1 Å². The van der Waals surface area contributed by atoms with Gasteiger partial charge in [0.05, 0.1) is 19.4 Å². The summed E-state index contributed by atoms with van der Waals surface area (Å²) in [6.07, 6.45) is 3.24. The lowest BCUT2D eigenvalue weighted by Gasteiger charge is -2.23. The molecule has 1 aliphatic heterocycles. The van der Waals surface area contributed by atoms with Crippen LogP contribution in [0, 0.1) is 6.92 Å². The highest BCUT2D eigenvalue weighted by atomic mass is 32.2. The van der Waals surface area contributed by atoms with Gasteiger partial charge in [0.2, 0.25) is 0 Å². The first-order valence-electron chi connectivity index (χ1n) is 10.0. The van der Waals surface area contributed by atoms with E-state index in [0.29, 0.717) is 12.2 Å². The van der Waals surface area contributed by atoms with Gasteiger partial charge in [0.25, 0.3) is 15.9 Å². The Hall–Kier alpha value is -3.26. The van der Waals surface area contributed by atoms with Gasteiger partial charge in [-0.05, 0) is 62.2 Å². The molecule has 8 heteroatoms. The lowest BCUT2D eigenvalue weighted by Crippen LogP contribution is -2.30. The molecule has 4 rings (SSSR count). The number of furan rings is 1. The number of carbonyl (C=O) groups excluding carboxylic acids is 1. The van der Waals surface area contributed by atoms with Crippen LogP contribution in [0.1, 0.15) is 40.6 Å². The van der Waals surface area contributed by atoms with Crippen molar-refractivity contribution in [3.05, 3.63) is 77.7 Å². The fourth-order valence-corrected chi connectivity index (χ4v) is 5.06. The molecule has 31 heavy (non-hydrogen) atoms. The summed E-state index contributed by atoms with van der Waals surface area (Å²) in [7, 11) is -2.57. The number of nitrogens with one attached hydrogen (secondary N) is 1. The number of hydrogen-bond donors (Lipinski definition) is 1. The number of carbonyl (C=O) groups is 1. The Morgan fingerprint density at radius 3 is 2.61 bits per heavy atom. The van der Waals surface area contributed by atoms with Crippen molar-refractivity contribution in [3.63, 3.8) is 0 Å². The van der Waals surface area contributed by atoms with Crippen molar-refractivity contribution in [2.24, 2.45) is 0 Å². The Bertz CT molecular complexity index is 1170. The minimum Gasteiger partial charge on any atom is -0.495 e. The first kappa shape index (κ1) is 21.0. The monoisotopic (exact) mass is 440 g/mol. The molecule has 1 amide bonds. The second-order valence-electron chi connectivity index (χ2n) is 7.51. The highest BCUT2D eigenvalue weighted by Crippen LogP contribution is 2.34. The largest absolute Gasteiger partial charge is 0.495 e. The van der Waals surface area contributed by atoms with Crippen LogP contribution in [0.15, 0.2) is 70.2 Å². The second-order valence-corrected chi connectivity index (χ2v) is 9.16. The van der Waals surface area contributed by atoms with Gasteiger partial charge in [0.15, 0.2) is 0 Å². The van der Waals surface area contributed by atoms with E-state index >= 15 is 0 Å². The third-order valence-corrected chi connectivity index (χ3v) is 6.79. The van der Waals surface area contributed by atoms with Gasteiger partial charge in [-0.3, -0.25) is 9.52 Å². The van der Waals surface area contributed by atoms with Crippen LogP contribution in [0.3, 0.4) is 0 Å². The average Bonchev–Trinajstić information content (AvgIpc) is 3.46. The highest BCUT2D eigenvalue weighted by Gasteiger charge is 2.33. The number of sulfonamides is 1. The predicted octanol–water partition coefficient (Wildman–Crippen LogP) is 4.37. The molecule has 7 nitrogen and oxygen atoms in total. The number of amides is 1. The van der Waals surface area contributed by atoms with Crippen LogP contribution < -0.4 is 9.46 Å². The topological polar surface area (TPSA) is 88.8 Å². The van der Waals surface area contributed by atoms with Crippen molar-refractivity contribution in [1.29, 1.82) is 0 Å². The first-order valence-corrected chi connectivity index (χ1v) is 11.5. The summed E-state index contributed by atoms with van der Waals surface area (Å²) < 4.78 is 39.5. The van der Waals surface area contributed by atoms with Crippen molar-refractivity contribution in [2.45, 2.75) is 30.7 Å². The van der Waals surface area contributed by atoms with Crippen LogP contribution in [0.4, 0.5) is 5.69 Å². The molecule has 1 aliphatic rings. The van der Waals surface area contributed by atoms with Crippen LogP contribution in [0.25, 0.3) is 0 Å². The lowest BCUT2D eigenvalue weighted by molar-refractivity contribution is 0.0719.